The zero-order chi connectivity index (χ0) is 17.6. The minimum atomic E-state index is -0.478. The van der Waals surface area contributed by atoms with Crippen molar-refractivity contribution in [2.24, 2.45) is 0 Å². The Bertz CT molecular complexity index is 790. The highest BCUT2D eigenvalue weighted by Gasteiger charge is 2.23. The average molecular weight is 358 g/mol. The number of nitrogens with one attached hydrogen (secondary N) is 1. The molecule has 25 heavy (non-hydrogen) atoms. The van der Waals surface area contributed by atoms with Crippen LogP contribution < -0.4 is 10.1 Å². The summed E-state index contributed by atoms with van der Waals surface area (Å²) in [6.45, 7) is 2.06. The normalized spacial score (nSPS) is 13.4. The number of likely N-dealkylation sites (N-methyl/N-ethyl adjacent to an activating group) is 1. The number of benzene rings is 2. The molecule has 0 saturated carbocycles. The summed E-state index contributed by atoms with van der Waals surface area (Å²) < 4.78 is 11.6. The fourth-order valence-electron chi connectivity index (χ4n) is 2.37. The van der Waals surface area contributed by atoms with Crippen molar-refractivity contribution in [3.05, 3.63) is 76.9 Å². The van der Waals surface area contributed by atoms with Gasteiger partial charge in [0.05, 0.1) is 0 Å². The second-order valence-corrected chi connectivity index (χ2v) is 6.24. The highest BCUT2D eigenvalue weighted by atomic mass is 35.5. The quantitative estimate of drug-likeness (QED) is 0.691. The topological polar surface area (TPSA) is 60.2 Å². The van der Waals surface area contributed by atoms with Crippen molar-refractivity contribution in [3.8, 4) is 5.75 Å². The number of halogens is 1. The molecule has 2 unspecified atom stereocenters. The van der Waals surface area contributed by atoms with Crippen LogP contribution in [0.4, 0.5) is 0 Å². The van der Waals surface area contributed by atoms with Crippen LogP contribution in [-0.4, -0.2) is 23.2 Å². The predicted molar refractivity (Wildman–Crippen MR) is 96.9 cm³/mol. The van der Waals surface area contributed by atoms with Gasteiger partial charge < -0.3 is 14.6 Å². The molecule has 2 aromatic carbocycles. The van der Waals surface area contributed by atoms with Crippen molar-refractivity contribution < 1.29 is 9.26 Å². The first kappa shape index (κ1) is 17.5. The van der Waals surface area contributed by atoms with Crippen molar-refractivity contribution in [1.29, 1.82) is 0 Å². The maximum Gasteiger partial charge on any atom is 0.272 e. The summed E-state index contributed by atoms with van der Waals surface area (Å²) in [5, 5.41) is 7.90. The second-order valence-electron chi connectivity index (χ2n) is 5.81. The van der Waals surface area contributed by atoms with Crippen molar-refractivity contribution >= 4 is 11.6 Å². The highest BCUT2D eigenvalue weighted by molar-refractivity contribution is 6.30. The van der Waals surface area contributed by atoms with Crippen LogP contribution in [0.2, 0.25) is 5.02 Å². The monoisotopic (exact) mass is 357 g/mol. The predicted octanol–water partition coefficient (Wildman–Crippen LogP) is 4.04. The van der Waals surface area contributed by atoms with E-state index in [1.807, 2.05) is 49.5 Å². The maximum atomic E-state index is 6.12. The van der Waals surface area contributed by atoms with Gasteiger partial charge in [-0.2, -0.15) is 4.98 Å². The number of hydrogen-bond acceptors (Lipinski definition) is 5. The largest absolute Gasteiger partial charge is 0.476 e. The summed E-state index contributed by atoms with van der Waals surface area (Å²) in [6.07, 6.45) is 0.205. The first-order chi connectivity index (χ1) is 12.2. The van der Waals surface area contributed by atoms with E-state index in [0.717, 1.165) is 5.56 Å². The third-order valence-electron chi connectivity index (χ3n) is 3.86. The van der Waals surface area contributed by atoms with Crippen molar-refractivity contribution in [2.45, 2.75) is 25.5 Å². The molecule has 0 aliphatic heterocycles. The van der Waals surface area contributed by atoms with E-state index in [0.29, 0.717) is 28.9 Å². The summed E-state index contributed by atoms with van der Waals surface area (Å²) in [7, 11) is 1.90. The van der Waals surface area contributed by atoms with Gasteiger partial charge in [-0.15, -0.1) is 0 Å². The molecule has 1 N–H and O–H groups in total. The number of hydrogen-bond donors (Lipinski definition) is 1. The lowest BCUT2D eigenvalue weighted by atomic mass is 10.1. The molecule has 3 rings (SSSR count). The molecule has 0 aliphatic rings. The summed E-state index contributed by atoms with van der Waals surface area (Å²) >= 11 is 5.95. The maximum absolute atomic E-state index is 6.12. The van der Waals surface area contributed by atoms with Crippen LogP contribution in [0.3, 0.4) is 0 Å². The molecule has 130 valence electrons. The summed E-state index contributed by atoms with van der Waals surface area (Å²) in [6, 6.07) is 17.3. The Morgan fingerprint density at radius 1 is 1.12 bits per heavy atom. The number of ether oxygens (including phenoxy) is 1. The molecule has 0 radical (unpaired) electrons. The van der Waals surface area contributed by atoms with E-state index >= 15 is 0 Å². The smallest absolute Gasteiger partial charge is 0.272 e. The first-order valence-corrected chi connectivity index (χ1v) is 8.50. The van der Waals surface area contributed by atoms with Crippen molar-refractivity contribution in [1.82, 2.24) is 15.5 Å². The molecule has 0 fully saturated rings. The van der Waals surface area contributed by atoms with E-state index in [1.54, 1.807) is 12.1 Å². The molecule has 5 nitrogen and oxygen atoms in total. The Morgan fingerprint density at radius 2 is 1.84 bits per heavy atom. The Kier molecular flexibility index (Phi) is 5.68. The Balaban J connectivity index is 1.87. The highest BCUT2D eigenvalue weighted by Crippen LogP contribution is 2.28. The molecule has 6 heteroatoms. The van der Waals surface area contributed by atoms with Crippen molar-refractivity contribution in [2.75, 3.05) is 7.05 Å². The van der Waals surface area contributed by atoms with Crippen LogP contribution in [0.25, 0.3) is 0 Å². The molecular formula is C19H20ClN3O2. The summed E-state index contributed by atoms with van der Waals surface area (Å²) in [4.78, 5) is 4.52. The lowest BCUT2D eigenvalue weighted by Crippen LogP contribution is -2.24. The van der Waals surface area contributed by atoms with Gasteiger partial charge in [0.2, 0.25) is 6.10 Å². The van der Waals surface area contributed by atoms with E-state index in [-0.39, 0.29) is 6.04 Å². The fourth-order valence-corrected chi connectivity index (χ4v) is 2.50. The van der Waals surface area contributed by atoms with Crippen LogP contribution >= 0.6 is 11.6 Å². The Morgan fingerprint density at radius 3 is 2.52 bits per heavy atom. The van der Waals surface area contributed by atoms with Gasteiger partial charge in [0.15, 0.2) is 5.82 Å². The van der Waals surface area contributed by atoms with Gasteiger partial charge in [0.25, 0.3) is 5.89 Å². The van der Waals surface area contributed by atoms with Crippen molar-refractivity contribution in [3.63, 3.8) is 0 Å². The Labute approximate surface area is 152 Å². The van der Waals surface area contributed by atoms with Crippen LogP contribution in [0, 0.1) is 0 Å². The second kappa shape index (κ2) is 8.14. The zero-order valence-corrected chi connectivity index (χ0v) is 14.9. The molecule has 0 aliphatic carbocycles. The van der Waals surface area contributed by atoms with E-state index in [9.17, 15) is 0 Å². The van der Waals surface area contributed by atoms with Gasteiger partial charge in [0.1, 0.15) is 5.75 Å². The SMILES string of the molecule is CNC(C)Cc1noc(C(Oc2ccc(Cl)cc2)c2ccccc2)n1. The average Bonchev–Trinajstić information content (AvgIpc) is 3.10. The molecule has 2 atom stereocenters. The Hall–Kier alpha value is -2.37. The number of nitrogens with zero attached hydrogens (tertiary/aromatic N) is 2. The molecular weight excluding hydrogens is 338 g/mol. The van der Waals surface area contributed by atoms with Crippen LogP contribution in [-0.2, 0) is 6.42 Å². The van der Waals surface area contributed by atoms with Crippen LogP contribution in [0.1, 0.15) is 30.3 Å². The molecule has 0 amide bonds. The van der Waals surface area contributed by atoms with E-state index in [1.165, 1.54) is 0 Å². The summed E-state index contributed by atoms with van der Waals surface area (Å²) in [5.74, 6) is 1.76. The van der Waals surface area contributed by atoms with Crippen LogP contribution in [0.5, 0.6) is 5.75 Å². The van der Waals surface area contributed by atoms with Gasteiger partial charge in [0, 0.05) is 23.0 Å². The van der Waals surface area contributed by atoms with Gasteiger partial charge in [-0.1, -0.05) is 47.1 Å². The van der Waals surface area contributed by atoms with Gasteiger partial charge in [-0.3, -0.25) is 0 Å². The summed E-state index contributed by atoms with van der Waals surface area (Å²) in [5.41, 5.74) is 0.939. The van der Waals surface area contributed by atoms with Gasteiger partial charge >= 0.3 is 0 Å². The molecule has 0 spiro atoms. The van der Waals surface area contributed by atoms with E-state index in [4.69, 9.17) is 20.9 Å². The fraction of sp³-hybridized carbons (Fsp3) is 0.263. The van der Waals surface area contributed by atoms with Gasteiger partial charge in [-0.25, -0.2) is 0 Å². The molecule has 1 aromatic heterocycles. The lowest BCUT2D eigenvalue weighted by Gasteiger charge is -2.16. The van der Waals surface area contributed by atoms with Gasteiger partial charge in [-0.05, 0) is 38.2 Å². The lowest BCUT2D eigenvalue weighted by molar-refractivity contribution is 0.193. The number of rotatable bonds is 7. The third kappa shape index (κ3) is 4.59. The molecule has 0 bridgehead atoms. The zero-order valence-electron chi connectivity index (χ0n) is 14.1. The third-order valence-corrected chi connectivity index (χ3v) is 4.11. The number of aromatic nitrogens is 2. The molecule has 1 heterocycles. The van der Waals surface area contributed by atoms with E-state index < -0.39 is 6.10 Å². The molecule has 3 aromatic rings. The molecule has 0 saturated heterocycles. The van der Waals surface area contributed by atoms with Crippen LogP contribution in [0.15, 0.2) is 59.1 Å². The minimum Gasteiger partial charge on any atom is -0.476 e. The first-order valence-electron chi connectivity index (χ1n) is 8.12. The minimum absolute atomic E-state index is 0.262. The van der Waals surface area contributed by atoms with E-state index in [2.05, 4.69) is 22.4 Å². The standard InChI is InChI=1S/C19H20ClN3O2/c1-13(21-2)12-17-22-19(25-23-17)18(14-6-4-3-5-7-14)24-16-10-8-15(20)9-11-16/h3-11,13,18,21H,12H2,1-2H3.